The van der Waals surface area contributed by atoms with Gasteiger partial charge in [-0.3, -0.25) is 9.59 Å². The first-order chi connectivity index (χ1) is 9.45. The predicted molar refractivity (Wildman–Crippen MR) is 77.7 cm³/mol. The molecule has 0 radical (unpaired) electrons. The summed E-state index contributed by atoms with van der Waals surface area (Å²) in [5.41, 5.74) is 2.94. The first-order valence-electron chi connectivity index (χ1n) is 7.17. The Labute approximate surface area is 120 Å². The number of rotatable bonds is 2. The van der Waals surface area contributed by atoms with Crippen LogP contribution in [-0.4, -0.2) is 52.4 Å². The highest BCUT2D eigenvalue weighted by atomic mass is 16.2. The van der Waals surface area contributed by atoms with Crippen LogP contribution in [0.3, 0.4) is 0 Å². The minimum Gasteiger partial charge on any atom is -0.341 e. The predicted octanol–water partition coefficient (Wildman–Crippen LogP) is 1.43. The molecule has 1 aromatic rings. The second-order valence-corrected chi connectivity index (χ2v) is 5.36. The number of hydrogen-bond donors (Lipinski definition) is 0. The summed E-state index contributed by atoms with van der Waals surface area (Å²) in [5.74, 6) is 0.168. The maximum atomic E-state index is 12.7. The first kappa shape index (κ1) is 14.6. The molecule has 0 unspecified atom stereocenters. The number of aromatic nitrogens is 1. The van der Waals surface area contributed by atoms with Gasteiger partial charge >= 0.3 is 0 Å². The fourth-order valence-corrected chi connectivity index (χ4v) is 2.91. The number of piperazine rings is 1. The second kappa shape index (κ2) is 5.69. The minimum atomic E-state index is 0.0839. The van der Waals surface area contributed by atoms with Crippen molar-refractivity contribution < 1.29 is 9.59 Å². The van der Waals surface area contributed by atoms with Crippen molar-refractivity contribution in [3.63, 3.8) is 0 Å². The Morgan fingerprint density at radius 3 is 2.15 bits per heavy atom. The van der Waals surface area contributed by atoms with Gasteiger partial charge in [-0.2, -0.15) is 0 Å². The summed E-state index contributed by atoms with van der Waals surface area (Å²) in [5, 5.41) is 0. The van der Waals surface area contributed by atoms with Gasteiger partial charge in [0.05, 0.1) is 0 Å². The largest absolute Gasteiger partial charge is 0.341 e. The lowest BCUT2D eigenvalue weighted by Gasteiger charge is -2.34. The summed E-state index contributed by atoms with van der Waals surface area (Å²) in [6.07, 6.45) is 0. The maximum absolute atomic E-state index is 12.7. The van der Waals surface area contributed by atoms with Crippen LogP contribution < -0.4 is 0 Å². The molecule has 0 aromatic carbocycles. The lowest BCUT2D eigenvalue weighted by molar-refractivity contribution is -0.130. The maximum Gasteiger partial charge on any atom is 0.270 e. The van der Waals surface area contributed by atoms with Crippen molar-refractivity contribution >= 4 is 11.8 Å². The van der Waals surface area contributed by atoms with Crippen molar-refractivity contribution in [2.24, 2.45) is 0 Å². The molecular formula is C15H23N3O2. The van der Waals surface area contributed by atoms with Gasteiger partial charge in [-0.05, 0) is 32.4 Å². The van der Waals surface area contributed by atoms with Crippen LogP contribution in [0.4, 0.5) is 0 Å². The normalized spacial score (nSPS) is 15.6. The van der Waals surface area contributed by atoms with Gasteiger partial charge in [-0.1, -0.05) is 0 Å². The third-order valence-electron chi connectivity index (χ3n) is 4.03. The van der Waals surface area contributed by atoms with Gasteiger partial charge < -0.3 is 14.4 Å². The molecule has 1 aliphatic rings. The molecule has 1 fully saturated rings. The molecule has 1 aliphatic heterocycles. The average Bonchev–Trinajstić information content (AvgIpc) is 2.72. The topological polar surface area (TPSA) is 45.6 Å². The van der Waals surface area contributed by atoms with E-state index in [1.807, 2.05) is 18.7 Å². The Morgan fingerprint density at radius 2 is 1.65 bits per heavy atom. The van der Waals surface area contributed by atoms with E-state index >= 15 is 0 Å². The Bertz CT molecular complexity index is 525. The smallest absolute Gasteiger partial charge is 0.270 e. The molecule has 110 valence electrons. The van der Waals surface area contributed by atoms with Crippen LogP contribution in [0.5, 0.6) is 0 Å². The van der Waals surface area contributed by atoms with Gasteiger partial charge in [-0.25, -0.2) is 0 Å². The SMILES string of the molecule is CCn1c(C)cc(C)c1C(=O)N1CCN(C(C)=O)CC1. The highest BCUT2D eigenvalue weighted by Crippen LogP contribution is 2.18. The van der Waals surface area contributed by atoms with Gasteiger partial charge in [0.15, 0.2) is 0 Å². The minimum absolute atomic E-state index is 0.0839. The van der Waals surface area contributed by atoms with Crippen LogP contribution in [0, 0.1) is 13.8 Å². The van der Waals surface area contributed by atoms with E-state index < -0.39 is 0 Å². The Balaban J connectivity index is 2.15. The summed E-state index contributed by atoms with van der Waals surface area (Å²) in [6.45, 7) is 10.9. The van der Waals surface area contributed by atoms with Crippen LogP contribution >= 0.6 is 0 Å². The highest BCUT2D eigenvalue weighted by molar-refractivity contribution is 5.94. The van der Waals surface area contributed by atoms with Gasteiger partial charge in [0.2, 0.25) is 5.91 Å². The van der Waals surface area contributed by atoms with E-state index in [0.717, 1.165) is 23.5 Å². The first-order valence-corrected chi connectivity index (χ1v) is 7.17. The number of aryl methyl sites for hydroxylation is 2. The van der Waals surface area contributed by atoms with Crippen molar-refractivity contribution in [2.45, 2.75) is 34.2 Å². The molecule has 0 bridgehead atoms. The van der Waals surface area contributed by atoms with Crippen molar-refractivity contribution in [3.05, 3.63) is 23.0 Å². The van der Waals surface area contributed by atoms with E-state index in [0.29, 0.717) is 26.2 Å². The fourth-order valence-electron chi connectivity index (χ4n) is 2.91. The Hall–Kier alpha value is -1.78. The third kappa shape index (κ3) is 2.57. The summed E-state index contributed by atoms with van der Waals surface area (Å²) in [4.78, 5) is 27.7. The number of nitrogens with zero attached hydrogens (tertiary/aromatic N) is 3. The van der Waals surface area contributed by atoms with E-state index in [1.165, 1.54) is 0 Å². The molecular weight excluding hydrogens is 254 g/mol. The third-order valence-corrected chi connectivity index (χ3v) is 4.03. The van der Waals surface area contributed by atoms with Crippen molar-refractivity contribution in [1.82, 2.24) is 14.4 Å². The Morgan fingerprint density at radius 1 is 1.10 bits per heavy atom. The van der Waals surface area contributed by atoms with Gasteiger partial charge in [0.1, 0.15) is 5.69 Å². The summed E-state index contributed by atoms with van der Waals surface area (Å²) in [6, 6.07) is 2.06. The molecule has 0 atom stereocenters. The zero-order valence-corrected chi connectivity index (χ0v) is 12.8. The molecule has 1 aromatic heterocycles. The fraction of sp³-hybridized carbons (Fsp3) is 0.600. The van der Waals surface area contributed by atoms with E-state index in [1.54, 1.807) is 11.8 Å². The summed E-state index contributed by atoms with van der Waals surface area (Å²) >= 11 is 0. The van der Waals surface area contributed by atoms with Gasteiger partial charge in [0, 0.05) is 45.3 Å². The highest BCUT2D eigenvalue weighted by Gasteiger charge is 2.26. The van der Waals surface area contributed by atoms with Crippen LogP contribution in [0.2, 0.25) is 0 Å². The zero-order valence-electron chi connectivity index (χ0n) is 12.8. The number of hydrogen-bond acceptors (Lipinski definition) is 2. The van der Waals surface area contributed by atoms with E-state index in [-0.39, 0.29) is 11.8 Å². The molecule has 0 saturated carbocycles. The van der Waals surface area contributed by atoms with Crippen molar-refractivity contribution in [2.75, 3.05) is 26.2 Å². The van der Waals surface area contributed by atoms with E-state index in [2.05, 4.69) is 17.6 Å². The molecule has 5 heteroatoms. The molecule has 5 nitrogen and oxygen atoms in total. The molecule has 1 saturated heterocycles. The molecule has 2 amide bonds. The van der Waals surface area contributed by atoms with Crippen LogP contribution in [-0.2, 0) is 11.3 Å². The van der Waals surface area contributed by atoms with E-state index in [4.69, 9.17) is 0 Å². The lowest BCUT2D eigenvalue weighted by Crippen LogP contribution is -2.50. The van der Waals surface area contributed by atoms with Crippen LogP contribution in [0.25, 0.3) is 0 Å². The Kier molecular flexibility index (Phi) is 4.16. The summed E-state index contributed by atoms with van der Waals surface area (Å²) < 4.78 is 2.06. The van der Waals surface area contributed by atoms with Crippen molar-refractivity contribution in [1.29, 1.82) is 0 Å². The number of amides is 2. The van der Waals surface area contributed by atoms with Crippen LogP contribution in [0.1, 0.15) is 35.6 Å². The quantitative estimate of drug-likeness (QED) is 0.821. The van der Waals surface area contributed by atoms with Crippen LogP contribution in [0.15, 0.2) is 6.07 Å². The molecule has 2 rings (SSSR count). The average molecular weight is 277 g/mol. The molecule has 0 N–H and O–H groups in total. The monoisotopic (exact) mass is 277 g/mol. The second-order valence-electron chi connectivity index (χ2n) is 5.36. The van der Waals surface area contributed by atoms with Gasteiger partial charge in [0.25, 0.3) is 5.91 Å². The molecule has 2 heterocycles. The zero-order chi connectivity index (χ0) is 14.9. The molecule has 0 spiro atoms. The van der Waals surface area contributed by atoms with Crippen molar-refractivity contribution in [3.8, 4) is 0 Å². The molecule has 0 aliphatic carbocycles. The summed E-state index contributed by atoms with van der Waals surface area (Å²) in [7, 11) is 0. The van der Waals surface area contributed by atoms with Gasteiger partial charge in [-0.15, -0.1) is 0 Å². The molecule has 20 heavy (non-hydrogen) atoms. The number of carbonyl (C=O) groups excluding carboxylic acids is 2. The van der Waals surface area contributed by atoms with E-state index in [9.17, 15) is 9.59 Å². The number of carbonyl (C=O) groups is 2. The lowest BCUT2D eigenvalue weighted by atomic mass is 10.2. The standard InChI is InChI=1S/C15H23N3O2/c1-5-18-12(3)10-11(2)14(18)15(20)17-8-6-16(7-9-17)13(4)19/h10H,5-9H2,1-4H3.